The Hall–Kier alpha value is -1.41. The second kappa shape index (κ2) is 6.36. The number of sulfonamides is 1. The Bertz CT molecular complexity index is 441. The second-order valence-electron chi connectivity index (χ2n) is 3.41. The smallest absolute Gasteiger partial charge is 0.257 e. The lowest BCUT2D eigenvalue weighted by Crippen LogP contribution is -2.31. The van der Waals surface area contributed by atoms with Crippen LogP contribution in [0.3, 0.4) is 0 Å². The van der Waals surface area contributed by atoms with Crippen molar-refractivity contribution in [3.05, 3.63) is 12.5 Å². The Labute approximate surface area is 100 Å². The Morgan fingerprint density at radius 2 is 2.24 bits per heavy atom. The largest absolute Gasteiger partial charge is 0.356 e. The lowest BCUT2D eigenvalue weighted by molar-refractivity contribution is -0.120. The number of hydrogen-bond acceptors (Lipinski definition) is 4. The van der Waals surface area contributed by atoms with E-state index in [1.807, 2.05) is 6.92 Å². The molecule has 0 fully saturated rings. The van der Waals surface area contributed by atoms with Gasteiger partial charge in [0, 0.05) is 19.5 Å². The molecule has 96 valence electrons. The maximum absolute atomic E-state index is 11.6. The van der Waals surface area contributed by atoms with Crippen molar-refractivity contribution in [2.24, 2.45) is 0 Å². The molecule has 0 saturated heterocycles. The first-order valence-corrected chi connectivity index (χ1v) is 6.79. The van der Waals surface area contributed by atoms with Gasteiger partial charge in [0.05, 0.1) is 12.5 Å². The molecule has 0 aromatic carbocycles. The fourth-order valence-corrected chi connectivity index (χ4v) is 2.05. The minimum Gasteiger partial charge on any atom is -0.356 e. The summed E-state index contributed by atoms with van der Waals surface area (Å²) in [5.74, 6) is -0.167. The molecule has 1 aromatic heterocycles. The highest BCUT2D eigenvalue weighted by molar-refractivity contribution is 7.89. The number of hydrogen-bond donors (Lipinski definition) is 3. The summed E-state index contributed by atoms with van der Waals surface area (Å²) in [6.07, 6.45) is 3.46. The highest BCUT2D eigenvalue weighted by Crippen LogP contribution is 2.01. The van der Waals surface area contributed by atoms with Crippen LogP contribution in [0.2, 0.25) is 0 Å². The summed E-state index contributed by atoms with van der Waals surface area (Å²) in [7, 11) is -3.58. The van der Waals surface area contributed by atoms with E-state index < -0.39 is 10.0 Å². The van der Waals surface area contributed by atoms with E-state index >= 15 is 0 Å². The molecule has 0 atom stereocenters. The van der Waals surface area contributed by atoms with Gasteiger partial charge in [0.1, 0.15) is 0 Å². The first-order chi connectivity index (χ1) is 8.06. The van der Waals surface area contributed by atoms with Crippen molar-refractivity contribution in [3.8, 4) is 0 Å². The number of nitrogens with one attached hydrogen (secondary N) is 3. The first kappa shape index (κ1) is 13.7. The molecule has 3 N–H and O–H groups in total. The van der Waals surface area contributed by atoms with Crippen LogP contribution in [0.15, 0.2) is 17.6 Å². The predicted molar refractivity (Wildman–Crippen MR) is 61.7 cm³/mol. The number of H-pyrrole nitrogens is 1. The molecule has 0 aliphatic rings. The molecule has 1 amide bonds. The Morgan fingerprint density at radius 3 is 2.82 bits per heavy atom. The van der Waals surface area contributed by atoms with Crippen LogP contribution in [-0.2, 0) is 14.8 Å². The Balaban J connectivity index is 2.34. The van der Waals surface area contributed by atoms with Crippen molar-refractivity contribution in [2.75, 3.05) is 13.1 Å². The van der Waals surface area contributed by atoms with Crippen molar-refractivity contribution < 1.29 is 13.2 Å². The van der Waals surface area contributed by atoms with E-state index in [0.717, 1.165) is 6.42 Å². The number of nitrogens with zero attached hydrogens (tertiary/aromatic N) is 1. The summed E-state index contributed by atoms with van der Waals surface area (Å²) in [5.41, 5.74) is 0. The third-order valence-electron chi connectivity index (χ3n) is 1.98. The van der Waals surface area contributed by atoms with Crippen molar-refractivity contribution in [1.82, 2.24) is 20.0 Å². The van der Waals surface area contributed by atoms with Crippen molar-refractivity contribution in [3.63, 3.8) is 0 Å². The van der Waals surface area contributed by atoms with E-state index in [-0.39, 0.29) is 23.9 Å². The summed E-state index contributed by atoms with van der Waals surface area (Å²) >= 11 is 0. The van der Waals surface area contributed by atoms with Gasteiger partial charge >= 0.3 is 0 Å². The van der Waals surface area contributed by atoms with Crippen LogP contribution >= 0.6 is 0 Å². The molecule has 0 aliphatic heterocycles. The normalized spacial score (nSPS) is 11.4. The van der Waals surface area contributed by atoms with Crippen LogP contribution in [0.25, 0.3) is 0 Å². The van der Waals surface area contributed by atoms with Gasteiger partial charge in [0.15, 0.2) is 5.03 Å². The molecule has 1 rings (SSSR count). The van der Waals surface area contributed by atoms with Crippen molar-refractivity contribution in [1.29, 1.82) is 0 Å². The fourth-order valence-electron chi connectivity index (χ4n) is 1.12. The van der Waals surface area contributed by atoms with E-state index in [1.54, 1.807) is 0 Å². The maximum atomic E-state index is 11.6. The molecule has 0 unspecified atom stereocenters. The van der Waals surface area contributed by atoms with Crippen molar-refractivity contribution in [2.45, 2.75) is 24.8 Å². The highest BCUT2D eigenvalue weighted by Gasteiger charge is 2.14. The molecule has 0 radical (unpaired) electrons. The van der Waals surface area contributed by atoms with E-state index in [2.05, 4.69) is 20.0 Å². The number of imidazole rings is 1. The molecular formula is C9H16N4O3S. The molecule has 17 heavy (non-hydrogen) atoms. The number of amides is 1. The van der Waals surface area contributed by atoms with E-state index in [9.17, 15) is 13.2 Å². The zero-order chi connectivity index (χ0) is 12.7. The number of carbonyl (C=O) groups excluding carboxylic acids is 1. The third-order valence-corrected chi connectivity index (χ3v) is 3.37. The van der Waals surface area contributed by atoms with Crippen LogP contribution in [0.4, 0.5) is 0 Å². The molecule has 0 bridgehead atoms. The maximum Gasteiger partial charge on any atom is 0.257 e. The Kier molecular flexibility index (Phi) is 5.11. The van der Waals surface area contributed by atoms with Crippen LogP contribution in [0, 0.1) is 0 Å². The summed E-state index contributed by atoms with van der Waals surface area (Å²) in [6.45, 7) is 2.62. The van der Waals surface area contributed by atoms with Gasteiger partial charge in [-0.3, -0.25) is 4.79 Å². The van der Waals surface area contributed by atoms with Gasteiger partial charge < -0.3 is 10.3 Å². The summed E-state index contributed by atoms with van der Waals surface area (Å²) in [5, 5.41) is 2.65. The van der Waals surface area contributed by atoms with Crippen LogP contribution < -0.4 is 10.0 Å². The number of aromatic nitrogens is 2. The van der Waals surface area contributed by atoms with Gasteiger partial charge in [-0.15, -0.1) is 0 Å². The zero-order valence-electron chi connectivity index (χ0n) is 9.56. The minimum absolute atomic E-state index is 0.00790. The van der Waals surface area contributed by atoms with Gasteiger partial charge in [-0.05, 0) is 6.42 Å². The average Bonchev–Trinajstić information content (AvgIpc) is 2.80. The van der Waals surface area contributed by atoms with Gasteiger partial charge in [-0.1, -0.05) is 6.92 Å². The Morgan fingerprint density at radius 1 is 1.47 bits per heavy atom. The van der Waals surface area contributed by atoms with Crippen LogP contribution in [0.1, 0.15) is 19.8 Å². The lowest BCUT2D eigenvalue weighted by Gasteiger charge is -2.05. The summed E-state index contributed by atoms with van der Waals surface area (Å²) < 4.78 is 25.5. The van der Waals surface area contributed by atoms with Crippen molar-refractivity contribution >= 4 is 15.9 Å². The standard InChI is InChI=1S/C9H16N4O3S/c1-2-4-11-8(14)3-5-13-17(15,16)9-6-10-7-12-9/h6-7,13H,2-5H2,1H3,(H,10,12)(H,11,14). The second-order valence-corrected chi connectivity index (χ2v) is 5.15. The SMILES string of the molecule is CCCNC(=O)CCNS(=O)(=O)c1cnc[nH]1. The molecule has 8 heteroatoms. The molecule has 7 nitrogen and oxygen atoms in total. The van der Waals surface area contributed by atoms with Gasteiger partial charge in [-0.25, -0.2) is 18.1 Å². The number of rotatable bonds is 7. The van der Waals surface area contributed by atoms with E-state index in [0.29, 0.717) is 6.54 Å². The first-order valence-electron chi connectivity index (χ1n) is 5.31. The molecule has 1 aromatic rings. The zero-order valence-corrected chi connectivity index (χ0v) is 10.4. The van der Waals surface area contributed by atoms with E-state index in [4.69, 9.17) is 0 Å². The summed E-state index contributed by atoms with van der Waals surface area (Å²) in [4.78, 5) is 17.3. The average molecular weight is 260 g/mol. The molecule has 0 spiro atoms. The van der Waals surface area contributed by atoms with Crippen LogP contribution in [0.5, 0.6) is 0 Å². The molecular weight excluding hydrogens is 244 g/mol. The molecule has 1 heterocycles. The van der Waals surface area contributed by atoms with Gasteiger partial charge in [0.25, 0.3) is 10.0 Å². The monoisotopic (exact) mass is 260 g/mol. The van der Waals surface area contributed by atoms with E-state index in [1.165, 1.54) is 12.5 Å². The quantitative estimate of drug-likeness (QED) is 0.620. The predicted octanol–water partition coefficient (Wildman–Crippen LogP) is -0.396. The number of carbonyl (C=O) groups is 1. The highest BCUT2D eigenvalue weighted by atomic mass is 32.2. The molecule has 0 saturated carbocycles. The van der Waals surface area contributed by atoms with Gasteiger partial charge in [-0.2, -0.15) is 0 Å². The topological polar surface area (TPSA) is 104 Å². The van der Waals surface area contributed by atoms with Crippen LogP contribution in [-0.4, -0.2) is 37.4 Å². The molecule has 0 aliphatic carbocycles. The van der Waals surface area contributed by atoms with Gasteiger partial charge in [0.2, 0.25) is 5.91 Å². The number of aromatic amines is 1. The third kappa shape index (κ3) is 4.53. The summed E-state index contributed by atoms with van der Waals surface area (Å²) in [6, 6.07) is 0. The minimum atomic E-state index is -3.58. The fraction of sp³-hybridized carbons (Fsp3) is 0.556. The lowest BCUT2D eigenvalue weighted by atomic mass is 10.4.